The molecule has 0 aliphatic rings. The summed E-state index contributed by atoms with van der Waals surface area (Å²) in [5.41, 5.74) is 7.87. The standard InChI is InChI=1S/C13H18N4.ClH/c1-2-17-10-12(14)13(16-17)15-9-8-11-6-4-3-5-7-11;/h3-7,10H,2,8-9,14H2,1H3,(H,15,16);1H. The molecule has 2 rings (SSSR count). The number of aromatic nitrogens is 2. The van der Waals surface area contributed by atoms with E-state index in [1.807, 2.05) is 23.9 Å². The molecule has 0 saturated carbocycles. The monoisotopic (exact) mass is 266 g/mol. The molecule has 1 aromatic carbocycles. The first-order valence-electron chi connectivity index (χ1n) is 5.90. The van der Waals surface area contributed by atoms with Crippen molar-refractivity contribution < 1.29 is 0 Å². The average Bonchev–Trinajstić information content (AvgIpc) is 2.72. The fourth-order valence-corrected chi connectivity index (χ4v) is 1.71. The minimum absolute atomic E-state index is 0. The first-order chi connectivity index (χ1) is 8.29. The lowest BCUT2D eigenvalue weighted by atomic mass is 10.1. The molecule has 2 aromatic rings. The van der Waals surface area contributed by atoms with Gasteiger partial charge in [-0.05, 0) is 18.9 Å². The van der Waals surface area contributed by atoms with Crippen molar-refractivity contribution in [2.75, 3.05) is 17.6 Å². The molecule has 5 heteroatoms. The van der Waals surface area contributed by atoms with E-state index >= 15 is 0 Å². The molecule has 0 spiro atoms. The van der Waals surface area contributed by atoms with Gasteiger partial charge in [0.2, 0.25) is 0 Å². The van der Waals surface area contributed by atoms with Gasteiger partial charge < -0.3 is 11.1 Å². The number of anilines is 2. The Kier molecular flexibility index (Phi) is 5.52. The molecule has 0 amide bonds. The lowest BCUT2D eigenvalue weighted by Gasteiger charge is -2.04. The lowest BCUT2D eigenvalue weighted by molar-refractivity contribution is 0.661. The molecule has 0 fully saturated rings. The van der Waals surface area contributed by atoms with Gasteiger partial charge in [-0.25, -0.2) is 0 Å². The van der Waals surface area contributed by atoms with Crippen LogP contribution < -0.4 is 11.1 Å². The average molecular weight is 267 g/mol. The molecule has 18 heavy (non-hydrogen) atoms. The van der Waals surface area contributed by atoms with Crippen molar-refractivity contribution in [3.8, 4) is 0 Å². The van der Waals surface area contributed by atoms with Gasteiger partial charge >= 0.3 is 0 Å². The number of halogens is 1. The van der Waals surface area contributed by atoms with Crippen molar-refractivity contribution >= 4 is 23.9 Å². The molecule has 4 nitrogen and oxygen atoms in total. The van der Waals surface area contributed by atoms with Gasteiger partial charge in [-0.3, -0.25) is 4.68 Å². The molecule has 0 aliphatic heterocycles. The van der Waals surface area contributed by atoms with E-state index in [4.69, 9.17) is 5.73 Å². The highest BCUT2D eigenvalue weighted by Crippen LogP contribution is 2.14. The highest BCUT2D eigenvalue weighted by atomic mass is 35.5. The molecule has 1 heterocycles. The maximum atomic E-state index is 5.85. The number of hydrogen-bond acceptors (Lipinski definition) is 3. The molecule has 0 saturated heterocycles. The first kappa shape index (κ1) is 14.4. The van der Waals surface area contributed by atoms with Crippen LogP contribution in [0.4, 0.5) is 11.5 Å². The van der Waals surface area contributed by atoms with E-state index in [9.17, 15) is 0 Å². The van der Waals surface area contributed by atoms with Gasteiger partial charge in [0.1, 0.15) is 0 Å². The quantitative estimate of drug-likeness (QED) is 0.875. The third-order valence-corrected chi connectivity index (χ3v) is 2.66. The molecular weight excluding hydrogens is 248 g/mol. The van der Waals surface area contributed by atoms with Crippen molar-refractivity contribution in [2.45, 2.75) is 19.9 Å². The van der Waals surface area contributed by atoms with E-state index < -0.39 is 0 Å². The van der Waals surface area contributed by atoms with Crippen LogP contribution in [0.15, 0.2) is 36.5 Å². The summed E-state index contributed by atoms with van der Waals surface area (Å²) in [6.45, 7) is 3.72. The second-order valence-corrected chi connectivity index (χ2v) is 3.95. The van der Waals surface area contributed by atoms with Gasteiger partial charge in [0, 0.05) is 13.1 Å². The smallest absolute Gasteiger partial charge is 0.171 e. The number of nitrogens with zero attached hydrogens (tertiary/aromatic N) is 2. The largest absolute Gasteiger partial charge is 0.394 e. The van der Waals surface area contributed by atoms with Crippen molar-refractivity contribution in [1.29, 1.82) is 0 Å². The number of hydrogen-bond donors (Lipinski definition) is 2. The van der Waals surface area contributed by atoms with Gasteiger partial charge in [-0.2, -0.15) is 5.10 Å². The number of aryl methyl sites for hydroxylation is 1. The number of rotatable bonds is 5. The molecule has 98 valence electrons. The molecule has 3 N–H and O–H groups in total. The summed E-state index contributed by atoms with van der Waals surface area (Å²) in [5, 5.41) is 7.60. The Labute approximate surface area is 114 Å². The second kappa shape index (κ2) is 6.91. The SMILES string of the molecule is CCn1cc(N)c(NCCc2ccccc2)n1.Cl. The highest BCUT2D eigenvalue weighted by Gasteiger charge is 2.03. The van der Waals surface area contributed by atoms with Crippen LogP contribution in [0.1, 0.15) is 12.5 Å². The maximum absolute atomic E-state index is 5.85. The second-order valence-electron chi connectivity index (χ2n) is 3.95. The van der Waals surface area contributed by atoms with Crippen LogP contribution in [-0.2, 0) is 13.0 Å². The maximum Gasteiger partial charge on any atom is 0.171 e. The summed E-state index contributed by atoms with van der Waals surface area (Å²) in [4.78, 5) is 0. The Bertz CT molecular complexity index is 467. The Hall–Kier alpha value is -1.68. The molecule has 0 atom stereocenters. The molecule has 0 unspecified atom stereocenters. The summed E-state index contributed by atoms with van der Waals surface area (Å²) in [6.07, 6.45) is 2.82. The number of nitrogens with two attached hydrogens (primary N) is 1. The van der Waals surface area contributed by atoms with Gasteiger partial charge in [-0.15, -0.1) is 12.4 Å². The van der Waals surface area contributed by atoms with E-state index in [1.54, 1.807) is 0 Å². The minimum atomic E-state index is 0. The highest BCUT2D eigenvalue weighted by molar-refractivity contribution is 5.85. The molecule has 0 bridgehead atoms. The summed E-state index contributed by atoms with van der Waals surface area (Å²) in [5.74, 6) is 0.780. The minimum Gasteiger partial charge on any atom is -0.394 e. The van der Waals surface area contributed by atoms with E-state index in [0.29, 0.717) is 5.69 Å². The van der Waals surface area contributed by atoms with E-state index in [1.165, 1.54) is 5.56 Å². The van der Waals surface area contributed by atoms with Crippen LogP contribution in [-0.4, -0.2) is 16.3 Å². The third-order valence-electron chi connectivity index (χ3n) is 2.66. The zero-order chi connectivity index (χ0) is 12.1. The third kappa shape index (κ3) is 3.67. The van der Waals surface area contributed by atoms with Crippen LogP contribution in [0.5, 0.6) is 0 Å². The van der Waals surface area contributed by atoms with Crippen LogP contribution in [0.2, 0.25) is 0 Å². The van der Waals surface area contributed by atoms with Crippen molar-refractivity contribution in [1.82, 2.24) is 9.78 Å². The predicted octanol–water partition coefficient (Wildman–Crippen LogP) is 2.56. The molecule has 0 aliphatic carbocycles. The van der Waals surface area contributed by atoms with Crippen LogP contribution in [0, 0.1) is 0 Å². The topological polar surface area (TPSA) is 55.9 Å². The van der Waals surface area contributed by atoms with Crippen molar-refractivity contribution in [2.24, 2.45) is 0 Å². The zero-order valence-electron chi connectivity index (χ0n) is 10.5. The van der Waals surface area contributed by atoms with Crippen LogP contribution in [0.3, 0.4) is 0 Å². The summed E-state index contributed by atoms with van der Waals surface area (Å²) in [6, 6.07) is 10.4. The van der Waals surface area contributed by atoms with Crippen LogP contribution in [0.25, 0.3) is 0 Å². The lowest BCUT2D eigenvalue weighted by Crippen LogP contribution is -2.07. The van der Waals surface area contributed by atoms with Gasteiger partial charge in [0.25, 0.3) is 0 Å². The Morgan fingerprint density at radius 3 is 2.61 bits per heavy atom. The predicted molar refractivity (Wildman–Crippen MR) is 78.2 cm³/mol. The molecule has 1 aromatic heterocycles. The zero-order valence-corrected chi connectivity index (χ0v) is 11.3. The van der Waals surface area contributed by atoms with Crippen LogP contribution >= 0.6 is 12.4 Å². The fraction of sp³-hybridized carbons (Fsp3) is 0.308. The molecular formula is C13H19ClN4. The first-order valence-corrected chi connectivity index (χ1v) is 5.90. The van der Waals surface area contributed by atoms with E-state index in [-0.39, 0.29) is 12.4 Å². The van der Waals surface area contributed by atoms with Gasteiger partial charge in [0.05, 0.1) is 11.9 Å². The van der Waals surface area contributed by atoms with E-state index in [0.717, 1.165) is 25.3 Å². The fourth-order valence-electron chi connectivity index (χ4n) is 1.71. The van der Waals surface area contributed by atoms with Crippen molar-refractivity contribution in [3.05, 3.63) is 42.1 Å². The normalized spacial score (nSPS) is 9.83. The summed E-state index contributed by atoms with van der Waals surface area (Å²) in [7, 11) is 0. The Morgan fingerprint density at radius 2 is 2.00 bits per heavy atom. The van der Waals surface area contributed by atoms with Crippen molar-refractivity contribution in [3.63, 3.8) is 0 Å². The van der Waals surface area contributed by atoms with Gasteiger partial charge in [-0.1, -0.05) is 30.3 Å². The van der Waals surface area contributed by atoms with Gasteiger partial charge in [0.15, 0.2) is 5.82 Å². The number of nitrogens with one attached hydrogen (secondary N) is 1. The summed E-state index contributed by atoms with van der Waals surface area (Å²) < 4.78 is 1.83. The number of benzene rings is 1. The summed E-state index contributed by atoms with van der Waals surface area (Å²) >= 11 is 0. The Morgan fingerprint density at radius 1 is 1.28 bits per heavy atom. The number of nitrogen functional groups attached to an aromatic ring is 1. The Balaban J connectivity index is 0.00000162. The van der Waals surface area contributed by atoms with E-state index in [2.05, 4.69) is 34.7 Å². The molecule has 0 radical (unpaired) electrons.